The van der Waals surface area contributed by atoms with E-state index in [0.717, 1.165) is 0 Å². The van der Waals surface area contributed by atoms with E-state index in [0.29, 0.717) is 6.42 Å². The molecule has 0 aromatic rings. The second kappa shape index (κ2) is 3.99. The van der Waals surface area contributed by atoms with Gasteiger partial charge in [-0.25, -0.2) is 0 Å². The van der Waals surface area contributed by atoms with Gasteiger partial charge >= 0.3 is 5.97 Å². The van der Waals surface area contributed by atoms with Crippen molar-refractivity contribution in [2.24, 2.45) is 0 Å². The van der Waals surface area contributed by atoms with Crippen molar-refractivity contribution >= 4 is 29.3 Å². The summed E-state index contributed by atoms with van der Waals surface area (Å²) in [5.41, 5.74) is 0. The van der Waals surface area contributed by atoms with Gasteiger partial charge in [0.15, 0.2) is 0 Å². The zero-order valence-corrected chi connectivity index (χ0v) is 9.73. The SMILES string of the molecule is CC(C)(SC1(Cl)C=CC=CC1)C(=O)O. The number of carboxylic acids is 1. The third-order valence-electron chi connectivity index (χ3n) is 1.93. The van der Waals surface area contributed by atoms with Crippen LogP contribution in [0.15, 0.2) is 24.3 Å². The summed E-state index contributed by atoms with van der Waals surface area (Å²) in [6, 6.07) is 0. The molecule has 1 unspecified atom stereocenters. The maximum absolute atomic E-state index is 10.9. The van der Waals surface area contributed by atoms with E-state index in [1.54, 1.807) is 13.8 Å². The maximum atomic E-state index is 10.9. The Bertz CT molecular complexity index is 296. The zero-order chi connectivity index (χ0) is 10.8. The van der Waals surface area contributed by atoms with E-state index in [2.05, 4.69) is 0 Å². The molecule has 0 aliphatic heterocycles. The summed E-state index contributed by atoms with van der Waals surface area (Å²) in [6.07, 6.45) is 8.20. The topological polar surface area (TPSA) is 37.3 Å². The molecule has 1 aliphatic carbocycles. The molecule has 4 heteroatoms. The molecular weight excluding hydrogens is 220 g/mol. The number of halogens is 1. The minimum atomic E-state index is -0.864. The summed E-state index contributed by atoms with van der Waals surface area (Å²) < 4.78 is -1.48. The molecule has 0 heterocycles. The molecule has 1 N–H and O–H groups in total. The van der Waals surface area contributed by atoms with Gasteiger partial charge in [0.25, 0.3) is 0 Å². The lowest BCUT2D eigenvalue weighted by atomic mass is 10.2. The average molecular weight is 233 g/mol. The quantitative estimate of drug-likeness (QED) is 0.760. The molecule has 0 radical (unpaired) electrons. The predicted octanol–water partition coefficient (Wildman–Crippen LogP) is 3.03. The fourth-order valence-corrected chi connectivity index (χ4v) is 3.12. The molecule has 14 heavy (non-hydrogen) atoms. The Labute approximate surface area is 93.0 Å². The summed E-state index contributed by atoms with van der Waals surface area (Å²) >= 11 is 7.53. The van der Waals surface area contributed by atoms with E-state index >= 15 is 0 Å². The first-order valence-electron chi connectivity index (χ1n) is 4.33. The van der Waals surface area contributed by atoms with Crippen LogP contribution in [0.2, 0.25) is 0 Å². The number of alkyl halides is 1. The highest BCUT2D eigenvalue weighted by Crippen LogP contribution is 2.44. The lowest BCUT2D eigenvalue weighted by molar-refractivity contribution is -0.138. The number of allylic oxidation sites excluding steroid dienone is 3. The maximum Gasteiger partial charge on any atom is 0.319 e. The number of hydrogen-bond acceptors (Lipinski definition) is 2. The number of thioether (sulfide) groups is 1. The van der Waals surface area contributed by atoms with Crippen LogP contribution in [0.1, 0.15) is 20.3 Å². The fraction of sp³-hybridized carbons (Fsp3) is 0.500. The van der Waals surface area contributed by atoms with Crippen LogP contribution in [-0.2, 0) is 4.79 Å². The monoisotopic (exact) mass is 232 g/mol. The van der Waals surface area contributed by atoms with Crippen LogP contribution in [0, 0.1) is 0 Å². The Morgan fingerprint density at radius 2 is 2.21 bits per heavy atom. The van der Waals surface area contributed by atoms with Gasteiger partial charge in [0.2, 0.25) is 0 Å². The highest BCUT2D eigenvalue weighted by molar-refractivity contribution is 8.04. The lowest BCUT2D eigenvalue weighted by Crippen LogP contribution is -2.33. The average Bonchev–Trinajstić information content (AvgIpc) is 2.03. The summed E-state index contributed by atoms with van der Waals surface area (Å²) in [4.78, 5) is 10.9. The van der Waals surface area contributed by atoms with Crippen LogP contribution >= 0.6 is 23.4 Å². The van der Waals surface area contributed by atoms with Gasteiger partial charge in [0.05, 0.1) is 0 Å². The van der Waals surface area contributed by atoms with Crippen molar-refractivity contribution in [3.05, 3.63) is 24.3 Å². The Morgan fingerprint density at radius 1 is 1.57 bits per heavy atom. The van der Waals surface area contributed by atoms with Crippen molar-refractivity contribution in [3.63, 3.8) is 0 Å². The number of carbonyl (C=O) groups is 1. The zero-order valence-electron chi connectivity index (χ0n) is 8.16. The minimum Gasteiger partial charge on any atom is -0.480 e. The molecule has 0 spiro atoms. The Kier molecular flexibility index (Phi) is 3.32. The van der Waals surface area contributed by atoms with E-state index in [-0.39, 0.29) is 0 Å². The molecule has 0 amide bonds. The third kappa shape index (κ3) is 2.79. The van der Waals surface area contributed by atoms with E-state index < -0.39 is 14.9 Å². The van der Waals surface area contributed by atoms with Gasteiger partial charge in [-0.05, 0) is 20.3 Å². The highest BCUT2D eigenvalue weighted by Gasteiger charge is 2.38. The van der Waals surface area contributed by atoms with Crippen LogP contribution in [-0.4, -0.2) is 20.0 Å². The second-order valence-electron chi connectivity index (χ2n) is 3.70. The van der Waals surface area contributed by atoms with Crippen molar-refractivity contribution in [2.75, 3.05) is 0 Å². The molecule has 1 rings (SSSR count). The molecule has 2 nitrogen and oxygen atoms in total. The summed E-state index contributed by atoms with van der Waals surface area (Å²) in [6.45, 7) is 3.33. The second-order valence-corrected chi connectivity index (χ2v) is 6.55. The van der Waals surface area contributed by atoms with Crippen molar-refractivity contribution in [2.45, 2.75) is 29.2 Å². The molecule has 0 aromatic heterocycles. The number of aliphatic carboxylic acids is 1. The van der Waals surface area contributed by atoms with Crippen molar-refractivity contribution in [1.82, 2.24) is 0 Å². The molecule has 0 saturated heterocycles. The van der Waals surface area contributed by atoms with E-state index in [4.69, 9.17) is 16.7 Å². The van der Waals surface area contributed by atoms with E-state index in [1.807, 2.05) is 24.3 Å². The third-order valence-corrected chi connectivity index (χ3v) is 3.77. The van der Waals surface area contributed by atoms with Crippen LogP contribution in [0.5, 0.6) is 0 Å². The van der Waals surface area contributed by atoms with Gasteiger partial charge in [-0.3, -0.25) is 4.79 Å². The molecule has 0 aromatic carbocycles. The van der Waals surface area contributed by atoms with E-state index in [9.17, 15) is 4.79 Å². The van der Waals surface area contributed by atoms with Crippen molar-refractivity contribution in [1.29, 1.82) is 0 Å². The largest absolute Gasteiger partial charge is 0.480 e. The first-order valence-corrected chi connectivity index (χ1v) is 5.52. The van der Waals surface area contributed by atoms with E-state index in [1.165, 1.54) is 11.8 Å². The summed E-state index contributed by atoms with van der Waals surface area (Å²) in [5.74, 6) is -0.842. The fourth-order valence-electron chi connectivity index (χ4n) is 1.12. The standard InChI is InChI=1S/C10H13ClO2S/c1-9(2,8(12)13)14-10(11)6-4-3-5-7-10/h3-6H,7H2,1-2H3,(H,12,13). The number of hydrogen-bond donors (Lipinski definition) is 1. The first kappa shape index (κ1) is 11.7. The van der Waals surface area contributed by atoms with Gasteiger partial charge in [0.1, 0.15) is 8.95 Å². The first-order chi connectivity index (χ1) is 6.36. The number of carboxylic acid groups (broad SMARTS) is 1. The van der Waals surface area contributed by atoms with Gasteiger partial charge in [0, 0.05) is 0 Å². The van der Waals surface area contributed by atoms with Gasteiger partial charge in [-0.1, -0.05) is 24.3 Å². The Hall–Kier alpha value is -0.410. The van der Waals surface area contributed by atoms with Crippen molar-refractivity contribution in [3.8, 4) is 0 Å². The predicted molar refractivity (Wildman–Crippen MR) is 60.8 cm³/mol. The highest BCUT2D eigenvalue weighted by atomic mass is 35.5. The smallest absolute Gasteiger partial charge is 0.319 e. The molecule has 78 valence electrons. The number of rotatable bonds is 3. The van der Waals surface area contributed by atoms with Crippen molar-refractivity contribution < 1.29 is 9.90 Å². The summed E-state index contributed by atoms with van der Waals surface area (Å²) in [7, 11) is 0. The molecule has 0 fully saturated rings. The molecule has 1 atom stereocenters. The molecule has 1 aliphatic rings. The van der Waals surface area contributed by atoms with Crippen LogP contribution in [0.25, 0.3) is 0 Å². The van der Waals surface area contributed by atoms with Crippen LogP contribution < -0.4 is 0 Å². The van der Waals surface area contributed by atoms with Gasteiger partial charge in [-0.15, -0.1) is 23.4 Å². The Balaban J connectivity index is 2.73. The lowest BCUT2D eigenvalue weighted by Gasteiger charge is -2.30. The molecule has 0 saturated carbocycles. The van der Waals surface area contributed by atoms with Crippen LogP contribution in [0.4, 0.5) is 0 Å². The van der Waals surface area contributed by atoms with Crippen LogP contribution in [0.3, 0.4) is 0 Å². The molecular formula is C10H13ClO2S. The minimum absolute atomic E-state index is 0.614. The Morgan fingerprint density at radius 3 is 2.64 bits per heavy atom. The molecule has 0 bridgehead atoms. The van der Waals surface area contributed by atoms with Gasteiger partial charge < -0.3 is 5.11 Å². The normalized spacial score (nSPS) is 26.5. The summed E-state index contributed by atoms with van der Waals surface area (Å²) in [5, 5.41) is 8.96. The van der Waals surface area contributed by atoms with Gasteiger partial charge in [-0.2, -0.15) is 0 Å².